The van der Waals surface area contributed by atoms with Crippen LogP contribution in [-0.2, 0) is 16.0 Å². The van der Waals surface area contributed by atoms with Crippen molar-refractivity contribution < 1.29 is 14.7 Å². The topological polar surface area (TPSA) is 66.4 Å². The van der Waals surface area contributed by atoms with Crippen LogP contribution >= 0.6 is 23.2 Å². The molecular formula is C13H13Cl2NO3. The third-order valence-electron chi connectivity index (χ3n) is 3.17. The number of hydrogen-bond acceptors (Lipinski definition) is 2. The normalized spacial score (nSPS) is 15.9. The molecule has 1 aromatic rings. The lowest BCUT2D eigenvalue weighted by atomic mass is 10.1. The lowest BCUT2D eigenvalue weighted by Crippen LogP contribution is -2.43. The van der Waals surface area contributed by atoms with E-state index in [0.29, 0.717) is 29.3 Å². The number of nitrogens with one attached hydrogen (secondary N) is 1. The minimum atomic E-state index is -1.03. The molecular weight excluding hydrogens is 289 g/mol. The highest BCUT2D eigenvalue weighted by molar-refractivity contribution is 6.35. The van der Waals surface area contributed by atoms with Crippen LogP contribution in [0.3, 0.4) is 0 Å². The summed E-state index contributed by atoms with van der Waals surface area (Å²) in [4.78, 5) is 22.6. The zero-order chi connectivity index (χ0) is 14.0. The van der Waals surface area contributed by atoms with E-state index in [1.165, 1.54) is 0 Å². The number of rotatable bonds is 5. The Morgan fingerprint density at radius 1 is 1.32 bits per heavy atom. The molecule has 2 N–H and O–H groups in total. The molecule has 0 aromatic heterocycles. The lowest BCUT2D eigenvalue weighted by molar-refractivity contribution is -0.143. The number of aryl methyl sites for hydroxylation is 1. The molecule has 1 aromatic carbocycles. The first-order valence-corrected chi connectivity index (χ1v) is 6.67. The highest BCUT2D eigenvalue weighted by Gasteiger charge is 2.51. The zero-order valence-corrected chi connectivity index (χ0v) is 11.6. The molecule has 1 aliphatic carbocycles. The molecule has 0 heterocycles. The number of benzene rings is 1. The minimum Gasteiger partial charge on any atom is -0.480 e. The maximum Gasteiger partial charge on any atom is 0.329 e. The van der Waals surface area contributed by atoms with Crippen molar-refractivity contribution in [2.45, 2.75) is 31.2 Å². The standard InChI is InChI=1S/C13H13Cl2NO3/c14-9-3-1-8(10(15)7-9)2-4-11(17)16-13(5-6-13)12(18)19/h1,3,7H,2,4-6H2,(H,16,17)(H,18,19). The largest absolute Gasteiger partial charge is 0.480 e. The van der Waals surface area contributed by atoms with E-state index in [-0.39, 0.29) is 12.3 Å². The van der Waals surface area contributed by atoms with Gasteiger partial charge in [0.25, 0.3) is 0 Å². The molecule has 0 spiro atoms. The molecule has 0 bridgehead atoms. The summed E-state index contributed by atoms with van der Waals surface area (Å²) in [6.07, 6.45) is 1.65. The SMILES string of the molecule is O=C(CCc1ccc(Cl)cc1Cl)NC1(C(=O)O)CC1. The monoisotopic (exact) mass is 301 g/mol. The van der Waals surface area contributed by atoms with E-state index in [2.05, 4.69) is 5.32 Å². The van der Waals surface area contributed by atoms with Crippen molar-refractivity contribution in [2.24, 2.45) is 0 Å². The van der Waals surface area contributed by atoms with Gasteiger partial charge in [-0.3, -0.25) is 4.79 Å². The van der Waals surface area contributed by atoms with Gasteiger partial charge in [-0.1, -0.05) is 29.3 Å². The summed E-state index contributed by atoms with van der Waals surface area (Å²) < 4.78 is 0. The van der Waals surface area contributed by atoms with Crippen LogP contribution in [0.25, 0.3) is 0 Å². The molecule has 2 rings (SSSR count). The minimum absolute atomic E-state index is 0.205. The highest BCUT2D eigenvalue weighted by Crippen LogP contribution is 2.35. The molecule has 0 radical (unpaired) electrons. The first-order valence-electron chi connectivity index (χ1n) is 5.91. The molecule has 0 atom stereocenters. The molecule has 4 nitrogen and oxygen atoms in total. The molecule has 6 heteroatoms. The number of carboxylic acids is 1. The van der Waals surface area contributed by atoms with Gasteiger partial charge in [-0.2, -0.15) is 0 Å². The van der Waals surface area contributed by atoms with E-state index >= 15 is 0 Å². The van der Waals surface area contributed by atoms with Crippen molar-refractivity contribution in [1.29, 1.82) is 0 Å². The van der Waals surface area contributed by atoms with Gasteiger partial charge in [0.15, 0.2) is 0 Å². The fourth-order valence-corrected chi connectivity index (χ4v) is 2.32. The Morgan fingerprint density at radius 2 is 2.00 bits per heavy atom. The number of halogens is 2. The lowest BCUT2D eigenvalue weighted by Gasteiger charge is -2.12. The van der Waals surface area contributed by atoms with Gasteiger partial charge < -0.3 is 10.4 Å². The van der Waals surface area contributed by atoms with E-state index < -0.39 is 11.5 Å². The van der Waals surface area contributed by atoms with Gasteiger partial charge in [0.1, 0.15) is 5.54 Å². The molecule has 1 fully saturated rings. The molecule has 0 aliphatic heterocycles. The first kappa shape index (κ1) is 14.2. The summed E-state index contributed by atoms with van der Waals surface area (Å²) in [5.41, 5.74) is -0.206. The van der Waals surface area contributed by atoms with E-state index in [9.17, 15) is 9.59 Å². The molecule has 19 heavy (non-hydrogen) atoms. The van der Waals surface area contributed by atoms with Gasteiger partial charge in [-0.15, -0.1) is 0 Å². The van der Waals surface area contributed by atoms with Crippen LogP contribution < -0.4 is 5.32 Å². The second kappa shape index (κ2) is 5.39. The molecule has 1 aliphatic rings. The second-order valence-electron chi connectivity index (χ2n) is 4.67. The fraction of sp³-hybridized carbons (Fsp3) is 0.385. The number of carboxylic acid groups (broad SMARTS) is 1. The van der Waals surface area contributed by atoms with Crippen molar-refractivity contribution in [3.63, 3.8) is 0 Å². The molecule has 0 saturated heterocycles. The predicted octanol–water partition coefficient (Wildman–Crippen LogP) is 2.66. The summed E-state index contributed by atoms with van der Waals surface area (Å²) >= 11 is 11.8. The highest BCUT2D eigenvalue weighted by atomic mass is 35.5. The van der Waals surface area contributed by atoms with Gasteiger partial charge in [-0.25, -0.2) is 4.79 Å². The number of hydrogen-bond donors (Lipinski definition) is 2. The van der Waals surface area contributed by atoms with Gasteiger partial charge in [0.2, 0.25) is 5.91 Å². The Balaban J connectivity index is 1.89. The second-order valence-corrected chi connectivity index (χ2v) is 5.51. The third-order valence-corrected chi connectivity index (χ3v) is 3.76. The van der Waals surface area contributed by atoms with Crippen LogP contribution in [0.1, 0.15) is 24.8 Å². The van der Waals surface area contributed by atoms with Crippen LogP contribution in [0.5, 0.6) is 0 Å². The van der Waals surface area contributed by atoms with E-state index in [1.54, 1.807) is 18.2 Å². The Labute approximate surface area is 120 Å². The van der Waals surface area contributed by atoms with E-state index in [4.69, 9.17) is 28.3 Å². The number of aliphatic carboxylic acids is 1. The summed E-state index contributed by atoms with van der Waals surface area (Å²) in [5, 5.41) is 12.6. The van der Waals surface area contributed by atoms with Crippen molar-refractivity contribution in [1.82, 2.24) is 5.32 Å². The summed E-state index contributed by atoms with van der Waals surface area (Å²) in [7, 11) is 0. The number of carbonyl (C=O) groups excluding carboxylic acids is 1. The third kappa shape index (κ3) is 3.39. The summed E-state index contributed by atoms with van der Waals surface area (Å²) in [5.74, 6) is -1.24. The maximum absolute atomic E-state index is 11.7. The van der Waals surface area contributed by atoms with Gasteiger partial charge in [0, 0.05) is 16.5 Å². The van der Waals surface area contributed by atoms with E-state index in [1.807, 2.05) is 0 Å². The van der Waals surface area contributed by atoms with Crippen LogP contribution in [0.2, 0.25) is 10.0 Å². The molecule has 0 unspecified atom stereocenters. The summed E-state index contributed by atoms with van der Waals surface area (Å²) in [6.45, 7) is 0. The van der Waals surface area contributed by atoms with Crippen molar-refractivity contribution in [3.05, 3.63) is 33.8 Å². The predicted molar refractivity (Wildman–Crippen MR) is 72.5 cm³/mol. The van der Waals surface area contributed by atoms with Crippen LogP contribution in [0.15, 0.2) is 18.2 Å². The maximum atomic E-state index is 11.7. The van der Waals surface area contributed by atoms with Crippen molar-refractivity contribution >= 4 is 35.1 Å². The zero-order valence-electron chi connectivity index (χ0n) is 10.1. The van der Waals surface area contributed by atoms with Gasteiger partial charge in [0.05, 0.1) is 0 Å². The average Bonchev–Trinajstić information content (AvgIpc) is 3.09. The smallest absolute Gasteiger partial charge is 0.329 e. The Morgan fingerprint density at radius 3 is 2.53 bits per heavy atom. The first-order chi connectivity index (χ1) is 8.93. The molecule has 1 amide bonds. The summed E-state index contributed by atoms with van der Waals surface area (Å²) in [6, 6.07) is 5.10. The van der Waals surface area contributed by atoms with Crippen LogP contribution in [0, 0.1) is 0 Å². The van der Waals surface area contributed by atoms with E-state index in [0.717, 1.165) is 5.56 Å². The molecule has 102 valence electrons. The Kier molecular flexibility index (Phi) is 4.02. The van der Waals surface area contributed by atoms with Crippen molar-refractivity contribution in [2.75, 3.05) is 0 Å². The fourth-order valence-electron chi connectivity index (χ4n) is 1.82. The van der Waals surface area contributed by atoms with Gasteiger partial charge in [-0.05, 0) is 37.0 Å². The average molecular weight is 302 g/mol. The van der Waals surface area contributed by atoms with Crippen LogP contribution in [0.4, 0.5) is 0 Å². The number of amides is 1. The Hall–Kier alpha value is -1.26. The van der Waals surface area contributed by atoms with Crippen molar-refractivity contribution in [3.8, 4) is 0 Å². The van der Waals surface area contributed by atoms with Gasteiger partial charge >= 0.3 is 5.97 Å². The molecule has 1 saturated carbocycles. The number of carbonyl (C=O) groups is 2. The Bertz CT molecular complexity index is 527. The quantitative estimate of drug-likeness (QED) is 0.878. The van der Waals surface area contributed by atoms with Crippen LogP contribution in [-0.4, -0.2) is 22.5 Å².